The molecule has 26 heavy (non-hydrogen) atoms. The highest BCUT2D eigenvalue weighted by molar-refractivity contribution is 5.94. The number of nitrogens with zero attached hydrogens (tertiary/aromatic N) is 4. The first-order valence-electron chi connectivity index (χ1n) is 9.21. The first-order valence-corrected chi connectivity index (χ1v) is 9.21. The van der Waals surface area contributed by atoms with Gasteiger partial charge in [0.1, 0.15) is 6.33 Å². The molecule has 1 fully saturated rings. The zero-order valence-electron chi connectivity index (χ0n) is 15.7. The summed E-state index contributed by atoms with van der Waals surface area (Å²) in [4.78, 5) is 19.1. The lowest BCUT2D eigenvalue weighted by atomic mass is 10.1. The van der Waals surface area contributed by atoms with Crippen LogP contribution >= 0.6 is 0 Å². The first-order chi connectivity index (χ1) is 12.6. The first kappa shape index (κ1) is 18.5. The number of ether oxygens (including phenoxy) is 1. The van der Waals surface area contributed by atoms with Gasteiger partial charge in [0.05, 0.1) is 12.1 Å². The SMILES string of the molecule is CCCn1ncnc1-c1ccc(C(=O)N[C@H]2CN(C)C[C@@H]2OCC)cc1. The summed E-state index contributed by atoms with van der Waals surface area (Å²) >= 11 is 0. The summed E-state index contributed by atoms with van der Waals surface area (Å²) in [5, 5.41) is 7.36. The van der Waals surface area contributed by atoms with Gasteiger partial charge < -0.3 is 15.0 Å². The minimum absolute atomic E-state index is 0.0137. The maximum atomic E-state index is 12.6. The molecule has 0 bridgehead atoms. The number of benzene rings is 1. The van der Waals surface area contributed by atoms with Gasteiger partial charge in [0.15, 0.2) is 5.82 Å². The van der Waals surface area contributed by atoms with Gasteiger partial charge in [-0.2, -0.15) is 5.10 Å². The Hall–Kier alpha value is -2.25. The number of rotatable bonds is 7. The molecule has 0 radical (unpaired) electrons. The van der Waals surface area contributed by atoms with Crippen LogP contribution in [0.1, 0.15) is 30.6 Å². The second-order valence-corrected chi connectivity index (χ2v) is 6.68. The molecule has 1 N–H and O–H groups in total. The number of nitrogens with one attached hydrogen (secondary N) is 1. The molecular formula is C19H27N5O2. The van der Waals surface area contributed by atoms with E-state index in [0.717, 1.165) is 37.4 Å². The topological polar surface area (TPSA) is 72.3 Å². The summed E-state index contributed by atoms with van der Waals surface area (Å²) < 4.78 is 7.64. The number of aryl methyl sites for hydroxylation is 1. The van der Waals surface area contributed by atoms with E-state index in [1.54, 1.807) is 6.33 Å². The fourth-order valence-corrected chi connectivity index (χ4v) is 3.37. The predicted molar refractivity (Wildman–Crippen MR) is 99.9 cm³/mol. The lowest BCUT2D eigenvalue weighted by Gasteiger charge is -2.19. The van der Waals surface area contributed by atoms with Gasteiger partial charge in [-0.15, -0.1) is 0 Å². The quantitative estimate of drug-likeness (QED) is 0.818. The van der Waals surface area contributed by atoms with E-state index in [4.69, 9.17) is 4.74 Å². The Bertz CT molecular complexity index is 728. The van der Waals surface area contributed by atoms with Crippen LogP contribution in [-0.4, -0.2) is 64.5 Å². The van der Waals surface area contributed by atoms with E-state index in [1.165, 1.54) is 0 Å². The van der Waals surface area contributed by atoms with Crippen molar-refractivity contribution in [3.8, 4) is 11.4 Å². The van der Waals surface area contributed by atoms with Crippen LogP contribution in [0.25, 0.3) is 11.4 Å². The summed E-state index contributed by atoms with van der Waals surface area (Å²) in [6, 6.07) is 7.53. The van der Waals surface area contributed by atoms with Crippen molar-refractivity contribution >= 4 is 5.91 Å². The fourth-order valence-electron chi connectivity index (χ4n) is 3.37. The fraction of sp³-hybridized carbons (Fsp3) is 0.526. The molecule has 2 heterocycles. The number of carbonyl (C=O) groups excluding carboxylic acids is 1. The van der Waals surface area contributed by atoms with Gasteiger partial charge in [0.25, 0.3) is 5.91 Å². The molecule has 0 spiro atoms. The van der Waals surface area contributed by atoms with Crippen molar-refractivity contribution in [3.63, 3.8) is 0 Å². The third kappa shape index (κ3) is 4.11. The lowest BCUT2D eigenvalue weighted by molar-refractivity contribution is 0.0513. The van der Waals surface area contributed by atoms with E-state index >= 15 is 0 Å². The number of amides is 1. The molecule has 7 heteroatoms. The second-order valence-electron chi connectivity index (χ2n) is 6.68. The minimum atomic E-state index is -0.0726. The summed E-state index contributed by atoms with van der Waals surface area (Å²) in [5.41, 5.74) is 1.60. The van der Waals surface area contributed by atoms with Crippen LogP contribution in [-0.2, 0) is 11.3 Å². The standard InChI is InChI=1S/C19H27N5O2/c1-4-10-24-18(20-13-21-24)14-6-8-15(9-7-14)19(25)22-16-11-23(3)12-17(16)26-5-2/h6-9,13,16-17H,4-5,10-12H2,1-3H3,(H,22,25)/t16-,17-/m0/s1. The average molecular weight is 357 g/mol. The molecular weight excluding hydrogens is 330 g/mol. The van der Waals surface area contributed by atoms with Crippen molar-refractivity contribution in [3.05, 3.63) is 36.2 Å². The maximum Gasteiger partial charge on any atom is 0.251 e. The van der Waals surface area contributed by atoms with Gasteiger partial charge in [-0.05, 0) is 32.5 Å². The van der Waals surface area contributed by atoms with Crippen LogP contribution in [0, 0.1) is 0 Å². The van der Waals surface area contributed by atoms with Crippen molar-refractivity contribution < 1.29 is 9.53 Å². The summed E-state index contributed by atoms with van der Waals surface area (Å²) in [7, 11) is 2.04. The van der Waals surface area contributed by atoms with E-state index in [1.807, 2.05) is 42.9 Å². The zero-order chi connectivity index (χ0) is 18.5. The second kappa shape index (κ2) is 8.42. The Labute approximate surface area is 154 Å². The minimum Gasteiger partial charge on any atom is -0.375 e. The molecule has 140 valence electrons. The van der Waals surface area contributed by atoms with E-state index < -0.39 is 0 Å². The zero-order valence-corrected chi connectivity index (χ0v) is 15.7. The van der Waals surface area contributed by atoms with Crippen LogP contribution in [0.15, 0.2) is 30.6 Å². The van der Waals surface area contributed by atoms with Crippen LogP contribution < -0.4 is 5.32 Å². The molecule has 1 amide bonds. The smallest absolute Gasteiger partial charge is 0.251 e. The molecule has 1 aliphatic heterocycles. The molecule has 2 atom stereocenters. The van der Waals surface area contributed by atoms with Gasteiger partial charge in [-0.1, -0.05) is 19.1 Å². The molecule has 1 aromatic heterocycles. The van der Waals surface area contributed by atoms with Crippen molar-refractivity contribution in [2.75, 3.05) is 26.7 Å². The predicted octanol–water partition coefficient (Wildman–Crippen LogP) is 1.80. The summed E-state index contributed by atoms with van der Waals surface area (Å²) in [5.74, 6) is 0.754. The molecule has 0 aliphatic carbocycles. The van der Waals surface area contributed by atoms with E-state index in [2.05, 4.69) is 27.2 Å². The van der Waals surface area contributed by atoms with Crippen molar-refractivity contribution in [2.45, 2.75) is 39.0 Å². The molecule has 0 saturated carbocycles. The van der Waals surface area contributed by atoms with Gasteiger partial charge in [-0.25, -0.2) is 9.67 Å². The number of likely N-dealkylation sites (tertiary alicyclic amines) is 1. The normalized spacial score (nSPS) is 20.4. The number of aromatic nitrogens is 3. The van der Waals surface area contributed by atoms with Gasteiger partial charge >= 0.3 is 0 Å². The number of carbonyl (C=O) groups is 1. The van der Waals surface area contributed by atoms with Gasteiger partial charge in [-0.3, -0.25) is 4.79 Å². The highest BCUT2D eigenvalue weighted by Crippen LogP contribution is 2.18. The van der Waals surface area contributed by atoms with E-state index in [-0.39, 0.29) is 18.1 Å². The van der Waals surface area contributed by atoms with Crippen molar-refractivity contribution in [1.29, 1.82) is 0 Å². The molecule has 1 aromatic carbocycles. The van der Waals surface area contributed by atoms with Crippen LogP contribution in [0.3, 0.4) is 0 Å². The molecule has 3 rings (SSSR count). The third-order valence-electron chi connectivity index (χ3n) is 4.60. The Kier molecular flexibility index (Phi) is 6.00. The highest BCUT2D eigenvalue weighted by Gasteiger charge is 2.32. The largest absolute Gasteiger partial charge is 0.375 e. The Balaban J connectivity index is 1.68. The third-order valence-corrected chi connectivity index (χ3v) is 4.60. The Morgan fingerprint density at radius 1 is 1.27 bits per heavy atom. The van der Waals surface area contributed by atoms with Crippen molar-refractivity contribution in [2.24, 2.45) is 0 Å². The number of hydrogen-bond donors (Lipinski definition) is 1. The van der Waals surface area contributed by atoms with E-state index in [9.17, 15) is 4.79 Å². The molecule has 1 aliphatic rings. The number of hydrogen-bond acceptors (Lipinski definition) is 5. The van der Waals surface area contributed by atoms with Crippen LogP contribution in [0.2, 0.25) is 0 Å². The molecule has 2 aromatic rings. The van der Waals surface area contributed by atoms with Gasteiger partial charge in [0.2, 0.25) is 0 Å². The van der Waals surface area contributed by atoms with Gasteiger partial charge in [0, 0.05) is 37.4 Å². The number of likely N-dealkylation sites (N-methyl/N-ethyl adjacent to an activating group) is 1. The molecule has 7 nitrogen and oxygen atoms in total. The summed E-state index contributed by atoms with van der Waals surface area (Å²) in [6.45, 7) is 7.20. The monoisotopic (exact) mass is 357 g/mol. The lowest BCUT2D eigenvalue weighted by Crippen LogP contribution is -2.43. The average Bonchev–Trinajstić information content (AvgIpc) is 3.22. The van der Waals surface area contributed by atoms with E-state index in [0.29, 0.717) is 12.2 Å². The molecule has 1 saturated heterocycles. The molecule has 0 unspecified atom stereocenters. The Morgan fingerprint density at radius 2 is 2.04 bits per heavy atom. The summed E-state index contributed by atoms with van der Waals surface area (Å²) in [6.07, 6.45) is 2.60. The highest BCUT2D eigenvalue weighted by atomic mass is 16.5. The van der Waals surface area contributed by atoms with Crippen LogP contribution in [0.5, 0.6) is 0 Å². The maximum absolute atomic E-state index is 12.6. The van der Waals surface area contributed by atoms with Crippen LogP contribution in [0.4, 0.5) is 0 Å². The van der Waals surface area contributed by atoms with Crippen molar-refractivity contribution in [1.82, 2.24) is 25.0 Å². The Morgan fingerprint density at radius 3 is 2.73 bits per heavy atom.